The Morgan fingerprint density at radius 2 is 2.00 bits per heavy atom. The van der Waals surface area contributed by atoms with Crippen molar-refractivity contribution in [1.29, 1.82) is 0 Å². The number of amides is 1. The first-order chi connectivity index (χ1) is 8.60. The fourth-order valence-electron chi connectivity index (χ4n) is 1.60. The predicted molar refractivity (Wildman–Crippen MR) is 78.0 cm³/mol. The monoisotopic (exact) mass is 307 g/mol. The van der Waals surface area contributed by atoms with E-state index >= 15 is 0 Å². The Morgan fingerprint density at radius 3 is 2.56 bits per heavy atom. The fourth-order valence-corrected chi connectivity index (χ4v) is 2.29. The van der Waals surface area contributed by atoms with Crippen molar-refractivity contribution in [2.24, 2.45) is 0 Å². The van der Waals surface area contributed by atoms with Crippen molar-refractivity contribution in [2.75, 3.05) is 19.0 Å². The van der Waals surface area contributed by atoms with E-state index < -0.39 is 0 Å². The molecule has 0 N–H and O–H groups in total. The third-order valence-electron chi connectivity index (χ3n) is 2.58. The van der Waals surface area contributed by atoms with E-state index in [9.17, 15) is 4.79 Å². The maximum Gasteiger partial charge on any atom is 0.255 e. The molecule has 1 rings (SSSR count). The maximum absolute atomic E-state index is 12.3. The van der Waals surface area contributed by atoms with Crippen LogP contribution in [-0.2, 0) is 0 Å². The van der Waals surface area contributed by atoms with Gasteiger partial charge in [-0.3, -0.25) is 4.79 Å². The van der Waals surface area contributed by atoms with Gasteiger partial charge >= 0.3 is 0 Å². The number of hydrogen-bond acceptors (Lipinski definition) is 1. The van der Waals surface area contributed by atoms with E-state index in [0.717, 1.165) is 12.8 Å². The molecule has 0 spiro atoms. The Kier molecular flexibility index (Phi) is 6.83. The number of rotatable bonds is 6. The molecule has 100 valence electrons. The van der Waals surface area contributed by atoms with Crippen LogP contribution in [0.1, 0.15) is 30.1 Å². The molecule has 2 nitrogen and oxygen atoms in total. The number of unbranched alkanes of at least 4 members (excludes halogenated alkanes) is 1. The largest absolute Gasteiger partial charge is 0.337 e. The summed E-state index contributed by atoms with van der Waals surface area (Å²) in [6.07, 6.45) is 1.98. The molecule has 0 heterocycles. The van der Waals surface area contributed by atoms with Gasteiger partial charge in [0.15, 0.2) is 0 Å². The van der Waals surface area contributed by atoms with Gasteiger partial charge in [-0.2, -0.15) is 0 Å². The van der Waals surface area contributed by atoms with Crippen LogP contribution in [0.5, 0.6) is 0 Å². The number of benzene rings is 1. The van der Waals surface area contributed by atoms with Crippen LogP contribution in [0.2, 0.25) is 10.0 Å². The van der Waals surface area contributed by atoms with Crippen LogP contribution in [-0.4, -0.2) is 29.8 Å². The molecular weight excluding hydrogens is 293 g/mol. The lowest BCUT2D eigenvalue weighted by atomic mass is 10.2. The van der Waals surface area contributed by atoms with Crippen molar-refractivity contribution < 1.29 is 4.79 Å². The molecule has 0 radical (unpaired) electrons. The van der Waals surface area contributed by atoms with E-state index in [4.69, 9.17) is 34.8 Å². The van der Waals surface area contributed by atoms with Crippen LogP contribution >= 0.6 is 34.8 Å². The summed E-state index contributed by atoms with van der Waals surface area (Å²) in [5.74, 6) is 0.325. The minimum absolute atomic E-state index is 0.0919. The predicted octanol–water partition coefficient (Wildman–Crippen LogP) is 4.47. The van der Waals surface area contributed by atoms with Gasteiger partial charge in [-0.15, -0.1) is 11.6 Å². The lowest BCUT2D eigenvalue weighted by molar-refractivity contribution is 0.0763. The Bertz CT molecular complexity index is 409. The maximum atomic E-state index is 12.3. The SMILES string of the molecule is CCCCN(CCCl)C(=O)c1ccc(Cl)cc1Cl. The molecule has 0 aliphatic heterocycles. The molecule has 0 saturated heterocycles. The number of carbonyl (C=O) groups excluding carboxylic acids is 1. The molecule has 0 saturated carbocycles. The van der Waals surface area contributed by atoms with Crippen LogP contribution in [0.15, 0.2) is 18.2 Å². The van der Waals surface area contributed by atoms with Crippen LogP contribution in [0.3, 0.4) is 0 Å². The zero-order chi connectivity index (χ0) is 13.5. The highest BCUT2D eigenvalue weighted by atomic mass is 35.5. The lowest BCUT2D eigenvalue weighted by Gasteiger charge is -2.22. The van der Waals surface area contributed by atoms with Gasteiger partial charge in [0.05, 0.1) is 10.6 Å². The summed E-state index contributed by atoms with van der Waals surface area (Å²) in [6.45, 7) is 3.30. The molecule has 0 aromatic heterocycles. The van der Waals surface area contributed by atoms with Gasteiger partial charge < -0.3 is 4.90 Å². The van der Waals surface area contributed by atoms with Crippen LogP contribution < -0.4 is 0 Å². The number of halogens is 3. The van der Waals surface area contributed by atoms with Gasteiger partial charge in [-0.05, 0) is 24.6 Å². The smallest absolute Gasteiger partial charge is 0.255 e. The minimum atomic E-state index is -0.0919. The second-order valence-corrected chi connectivity index (χ2v) is 5.18. The summed E-state index contributed by atoms with van der Waals surface area (Å²) in [7, 11) is 0. The summed E-state index contributed by atoms with van der Waals surface area (Å²) in [5.41, 5.74) is 0.474. The number of nitrogens with zero attached hydrogens (tertiary/aromatic N) is 1. The molecule has 0 atom stereocenters. The summed E-state index contributed by atoms with van der Waals surface area (Å²) in [4.78, 5) is 14.0. The van der Waals surface area contributed by atoms with Crippen molar-refractivity contribution in [3.63, 3.8) is 0 Å². The van der Waals surface area contributed by atoms with E-state index in [0.29, 0.717) is 34.6 Å². The fraction of sp³-hybridized carbons (Fsp3) is 0.462. The molecule has 0 aliphatic rings. The quantitative estimate of drug-likeness (QED) is 0.710. The van der Waals surface area contributed by atoms with Gasteiger partial charge in [0.2, 0.25) is 0 Å². The van der Waals surface area contributed by atoms with Crippen molar-refractivity contribution in [3.8, 4) is 0 Å². The molecular formula is C13H16Cl3NO. The molecule has 0 bridgehead atoms. The van der Waals surface area contributed by atoms with E-state index in [2.05, 4.69) is 6.92 Å². The molecule has 0 fully saturated rings. The highest BCUT2D eigenvalue weighted by Crippen LogP contribution is 2.22. The van der Waals surface area contributed by atoms with Gasteiger partial charge in [0.25, 0.3) is 5.91 Å². The normalized spacial score (nSPS) is 10.4. The van der Waals surface area contributed by atoms with Crippen LogP contribution in [0.4, 0.5) is 0 Å². The first kappa shape index (κ1) is 15.6. The molecule has 18 heavy (non-hydrogen) atoms. The van der Waals surface area contributed by atoms with E-state index in [1.807, 2.05) is 0 Å². The summed E-state index contributed by atoms with van der Waals surface area (Å²) < 4.78 is 0. The summed E-state index contributed by atoms with van der Waals surface area (Å²) >= 11 is 17.6. The van der Waals surface area contributed by atoms with Crippen LogP contribution in [0, 0.1) is 0 Å². The van der Waals surface area contributed by atoms with Gasteiger partial charge in [0.1, 0.15) is 0 Å². The van der Waals surface area contributed by atoms with E-state index in [1.54, 1.807) is 23.1 Å². The minimum Gasteiger partial charge on any atom is -0.337 e. The summed E-state index contributed by atoms with van der Waals surface area (Å²) in [6, 6.07) is 4.90. The zero-order valence-corrected chi connectivity index (χ0v) is 12.5. The van der Waals surface area contributed by atoms with Crippen molar-refractivity contribution >= 4 is 40.7 Å². The van der Waals surface area contributed by atoms with Crippen molar-refractivity contribution in [3.05, 3.63) is 33.8 Å². The first-order valence-electron chi connectivity index (χ1n) is 5.90. The van der Waals surface area contributed by atoms with Gasteiger partial charge in [-0.25, -0.2) is 0 Å². The lowest BCUT2D eigenvalue weighted by Crippen LogP contribution is -2.33. The van der Waals surface area contributed by atoms with Crippen molar-refractivity contribution in [2.45, 2.75) is 19.8 Å². The third-order valence-corrected chi connectivity index (χ3v) is 3.30. The van der Waals surface area contributed by atoms with E-state index in [-0.39, 0.29) is 5.91 Å². The first-order valence-corrected chi connectivity index (χ1v) is 7.19. The standard InChI is InChI=1S/C13H16Cl3NO/c1-2-3-7-17(8-6-14)13(18)11-5-4-10(15)9-12(11)16/h4-5,9H,2-3,6-8H2,1H3. The third kappa shape index (κ3) is 4.34. The second kappa shape index (κ2) is 7.88. The second-order valence-electron chi connectivity index (χ2n) is 3.96. The Morgan fingerprint density at radius 1 is 1.28 bits per heavy atom. The Hall–Kier alpha value is -0.440. The number of hydrogen-bond donors (Lipinski definition) is 0. The highest BCUT2D eigenvalue weighted by Gasteiger charge is 2.17. The molecule has 1 amide bonds. The summed E-state index contributed by atoms with van der Waals surface area (Å²) in [5, 5.41) is 0.901. The molecule has 5 heteroatoms. The zero-order valence-electron chi connectivity index (χ0n) is 10.3. The number of carbonyl (C=O) groups is 1. The molecule has 1 aromatic rings. The van der Waals surface area contributed by atoms with Gasteiger partial charge in [-0.1, -0.05) is 36.5 Å². The average molecular weight is 309 g/mol. The van der Waals surface area contributed by atoms with E-state index in [1.165, 1.54) is 0 Å². The van der Waals surface area contributed by atoms with Crippen LogP contribution in [0.25, 0.3) is 0 Å². The highest BCUT2D eigenvalue weighted by molar-refractivity contribution is 6.36. The number of alkyl halides is 1. The Labute approximate surface area is 123 Å². The Balaban J connectivity index is 2.87. The average Bonchev–Trinajstić information content (AvgIpc) is 2.33. The molecule has 0 unspecified atom stereocenters. The molecule has 1 aromatic carbocycles. The topological polar surface area (TPSA) is 20.3 Å². The molecule has 0 aliphatic carbocycles. The van der Waals surface area contributed by atoms with Crippen molar-refractivity contribution in [1.82, 2.24) is 4.90 Å². The van der Waals surface area contributed by atoms with Gasteiger partial charge in [0, 0.05) is 24.0 Å².